The van der Waals surface area contributed by atoms with Gasteiger partial charge in [0, 0.05) is 40.3 Å². The predicted molar refractivity (Wildman–Crippen MR) is 89.5 cm³/mol. The van der Waals surface area contributed by atoms with E-state index in [-0.39, 0.29) is 5.91 Å². The first-order chi connectivity index (χ1) is 9.00. The minimum Gasteiger partial charge on any atom is -0.336 e. The monoisotopic (exact) mass is 436 g/mol. The van der Waals surface area contributed by atoms with Crippen LogP contribution in [0.1, 0.15) is 24.2 Å². The van der Waals surface area contributed by atoms with Crippen molar-refractivity contribution in [2.24, 2.45) is 0 Å². The van der Waals surface area contributed by atoms with E-state index >= 15 is 0 Å². The number of piperazine rings is 1. The molecule has 1 aromatic carbocycles. The highest BCUT2D eigenvalue weighted by molar-refractivity contribution is 14.1. The Morgan fingerprint density at radius 3 is 2.47 bits per heavy atom. The van der Waals surface area contributed by atoms with Crippen LogP contribution in [-0.2, 0) is 0 Å². The largest absolute Gasteiger partial charge is 0.336 e. The summed E-state index contributed by atoms with van der Waals surface area (Å²) >= 11 is 5.71. The normalized spacial score (nSPS) is 17.0. The van der Waals surface area contributed by atoms with Gasteiger partial charge in [0.05, 0.1) is 5.56 Å². The summed E-state index contributed by atoms with van der Waals surface area (Å²) in [5, 5.41) is 0. The standard InChI is InChI=1S/C14H18BrIN2O/c1-10(2)17-6-8-18(9-7-17)14(19)11-4-3-5-12(15)13(11)16/h3-5,10H,6-9H2,1-2H3. The van der Waals surface area contributed by atoms with Gasteiger partial charge in [0.25, 0.3) is 5.91 Å². The number of amides is 1. The minimum absolute atomic E-state index is 0.147. The molecule has 1 amide bonds. The maximum absolute atomic E-state index is 12.5. The second kappa shape index (κ2) is 6.54. The van der Waals surface area contributed by atoms with Gasteiger partial charge in [-0.05, 0) is 64.5 Å². The quantitative estimate of drug-likeness (QED) is 0.664. The van der Waals surface area contributed by atoms with Crippen LogP contribution < -0.4 is 0 Å². The van der Waals surface area contributed by atoms with Crippen LogP contribution in [0, 0.1) is 3.57 Å². The van der Waals surface area contributed by atoms with Crippen molar-refractivity contribution < 1.29 is 4.79 Å². The molecule has 3 nitrogen and oxygen atoms in total. The van der Waals surface area contributed by atoms with Crippen molar-refractivity contribution in [1.29, 1.82) is 0 Å². The fourth-order valence-corrected chi connectivity index (χ4v) is 3.24. The average molecular weight is 437 g/mol. The second-order valence-electron chi connectivity index (χ2n) is 5.02. The number of hydrogen-bond donors (Lipinski definition) is 0. The third-order valence-electron chi connectivity index (χ3n) is 3.51. The molecule has 104 valence electrons. The minimum atomic E-state index is 0.147. The Balaban J connectivity index is 2.07. The summed E-state index contributed by atoms with van der Waals surface area (Å²) < 4.78 is 1.98. The van der Waals surface area contributed by atoms with E-state index < -0.39 is 0 Å². The molecular weight excluding hydrogens is 419 g/mol. The third-order valence-corrected chi connectivity index (χ3v) is 6.08. The van der Waals surface area contributed by atoms with Crippen LogP contribution >= 0.6 is 38.5 Å². The molecule has 0 spiro atoms. The summed E-state index contributed by atoms with van der Waals surface area (Å²) in [4.78, 5) is 16.9. The number of nitrogens with zero attached hydrogens (tertiary/aromatic N) is 2. The predicted octanol–water partition coefficient (Wildman–Crippen LogP) is 3.22. The Morgan fingerprint density at radius 1 is 1.26 bits per heavy atom. The Bertz CT molecular complexity index is 471. The topological polar surface area (TPSA) is 23.6 Å². The number of halogens is 2. The van der Waals surface area contributed by atoms with Gasteiger partial charge in [-0.15, -0.1) is 0 Å². The van der Waals surface area contributed by atoms with Gasteiger partial charge in [-0.2, -0.15) is 0 Å². The molecular formula is C14H18BrIN2O. The van der Waals surface area contributed by atoms with E-state index in [4.69, 9.17) is 0 Å². The summed E-state index contributed by atoms with van der Waals surface area (Å²) in [6.45, 7) is 7.98. The lowest BCUT2D eigenvalue weighted by Gasteiger charge is -2.37. The summed E-state index contributed by atoms with van der Waals surface area (Å²) in [5.41, 5.74) is 0.799. The SMILES string of the molecule is CC(C)N1CCN(C(=O)c2cccc(Br)c2I)CC1. The third kappa shape index (κ3) is 3.49. The van der Waals surface area contributed by atoms with Gasteiger partial charge in [-0.3, -0.25) is 9.69 Å². The van der Waals surface area contributed by atoms with E-state index in [1.54, 1.807) is 0 Å². The van der Waals surface area contributed by atoms with Crippen LogP contribution in [0.2, 0.25) is 0 Å². The maximum atomic E-state index is 12.5. The Morgan fingerprint density at radius 2 is 1.89 bits per heavy atom. The lowest BCUT2D eigenvalue weighted by molar-refractivity contribution is 0.0594. The van der Waals surface area contributed by atoms with Crippen LogP contribution in [0.15, 0.2) is 22.7 Å². The van der Waals surface area contributed by atoms with Gasteiger partial charge in [0.15, 0.2) is 0 Å². The maximum Gasteiger partial charge on any atom is 0.255 e. The van der Waals surface area contributed by atoms with Gasteiger partial charge in [0.1, 0.15) is 0 Å². The molecule has 0 unspecified atom stereocenters. The molecule has 0 radical (unpaired) electrons. The molecule has 19 heavy (non-hydrogen) atoms. The zero-order valence-electron chi connectivity index (χ0n) is 11.2. The Hall–Kier alpha value is -0.140. The molecule has 1 aromatic rings. The highest BCUT2D eigenvalue weighted by atomic mass is 127. The first kappa shape index (κ1) is 15.3. The van der Waals surface area contributed by atoms with E-state index in [0.717, 1.165) is 39.8 Å². The first-order valence-electron chi connectivity index (χ1n) is 6.48. The fourth-order valence-electron chi connectivity index (χ4n) is 2.28. The van der Waals surface area contributed by atoms with Gasteiger partial charge >= 0.3 is 0 Å². The van der Waals surface area contributed by atoms with Crippen molar-refractivity contribution >= 4 is 44.4 Å². The van der Waals surface area contributed by atoms with Crippen LogP contribution in [0.5, 0.6) is 0 Å². The van der Waals surface area contributed by atoms with E-state index in [1.807, 2.05) is 23.1 Å². The zero-order chi connectivity index (χ0) is 14.0. The van der Waals surface area contributed by atoms with E-state index in [9.17, 15) is 4.79 Å². The molecule has 0 saturated carbocycles. The molecule has 1 saturated heterocycles. The van der Waals surface area contributed by atoms with Crippen molar-refractivity contribution in [3.05, 3.63) is 31.8 Å². The lowest BCUT2D eigenvalue weighted by atomic mass is 10.1. The van der Waals surface area contributed by atoms with Crippen molar-refractivity contribution in [3.63, 3.8) is 0 Å². The van der Waals surface area contributed by atoms with Gasteiger partial charge in [-0.25, -0.2) is 0 Å². The van der Waals surface area contributed by atoms with Crippen molar-refractivity contribution in [1.82, 2.24) is 9.80 Å². The molecule has 0 bridgehead atoms. The average Bonchev–Trinajstić information content (AvgIpc) is 2.41. The van der Waals surface area contributed by atoms with Gasteiger partial charge in [0.2, 0.25) is 0 Å². The molecule has 2 rings (SSSR count). The summed E-state index contributed by atoms with van der Waals surface area (Å²) in [5.74, 6) is 0.147. The molecule has 0 aromatic heterocycles. The number of hydrogen-bond acceptors (Lipinski definition) is 2. The molecule has 1 heterocycles. The molecule has 0 N–H and O–H groups in total. The number of carbonyl (C=O) groups is 1. The van der Waals surface area contributed by atoms with Crippen LogP contribution in [0.3, 0.4) is 0 Å². The van der Waals surface area contributed by atoms with Gasteiger partial charge in [-0.1, -0.05) is 6.07 Å². The highest BCUT2D eigenvalue weighted by Gasteiger charge is 2.24. The van der Waals surface area contributed by atoms with Crippen molar-refractivity contribution in [2.45, 2.75) is 19.9 Å². The number of rotatable bonds is 2. The lowest BCUT2D eigenvalue weighted by Crippen LogP contribution is -2.50. The molecule has 1 fully saturated rings. The smallest absolute Gasteiger partial charge is 0.255 e. The summed E-state index contributed by atoms with van der Waals surface area (Å²) in [6.07, 6.45) is 0. The number of benzene rings is 1. The van der Waals surface area contributed by atoms with Crippen molar-refractivity contribution in [2.75, 3.05) is 26.2 Å². The van der Waals surface area contributed by atoms with Crippen LogP contribution in [-0.4, -0.2) is 47.9 Å². The first-order valence-corrected chi connectivity index (χ1v) is 8.35. The molecule has 1 aliphatic rings. The zero-order valence-corrected chi connectivity index (χ0v) is 14.9. The fraction of sp³-hybridized carbons (Fsp3) is 0.500. The second-order valence-corrected chi connectivity index (χ2v) is 6.96. The molecule has 0 aliphatic carbocycles. The van der Waals surface area contributed by atoms with Gasteiger partial charge < -0.3 is 4.90 Å². The molecule has 0 atom stereocenters. The Labute approximate surface area is 136 Å². The van der Waals surface area contributed by atoms with Crippen LogP contribution in [0.25, 0.3) is 0 Å². The highest BCUT2D eigenvalue weighted by Crippen LogP contribution is 2.24. The molecule has 1 aliphatic heterocycles. The van der Waals surface area contributed by atoms with Crippen LogP contribution in [0.4, 0.5) is 0 Å². The van der Waals surface area contributed by atoms with E-state index in [1.165, 1.54) is 0 Å². The number of carbonyl (C=O) groups excluding carboxylic acids is 1. The summed E-state index contributed by atoms with van der Waals surface area (Å²) in [6, 6.07) is 6.35. The Kier molecular flexibility index (Phi) is 5.25. The van der Waals surface area contributed by atoms with E-state index in [0.29, 0.717) is 6.04 Å². The van der Waals surface area contributed by atoms with E-state index in [2.05, 4.69) is 57.3 Å². The summed E-state index contributed by atoms with van der Waals surface area (Å²) in [7, 11) is 0. The van der Waals surface area contributed by atoms with Crippen molar-refractivity contribution in [3.8, 4) is 0 Å². The molecule has 5 heteroatoms.